The molecule has 0 unspecified atom stereocenters. The predicted molar refractivity (Wildman–Crippen MR) is 73.6 cm³/mol. The van der Waals surface area contributed by atoms with Crippen LogP contribution in [0.1, 0.15) is 25.0 Å². The van der Waals surface area contributed by atoms with Gasteiger partial charge in [0.05, 0.1) is 13.2 Å². The number of nitrogens with one attached hydrogen (secondary N) is 1. The van der Waals surface area contributed by atoms with Gasteiger partial charge in [-0.25, -0.2) is 0 Å². The molecule has 1 aromatic rings. The summed E-state index contributed by atoms with van der Waals surface area (Å²) in [5.41, 5.74) is 2.66. The summed E-state index contributed by atoms with van der Waals surface area (Å²) in [7, 11) is 1.97. The summed E-state index contributed by atoms with van der Waals surface area (Å²) in [4.78, 5) is 0. The van der Waals surface area contributed by atoms with Crippen LogP contribution in [0.5, 0.6) is 11.5 Å². The van der Waals surface area contributed by atoms with Gasteiger partial charge >= 0.3 is 0 Å². The van der Waals surface area contributed by atoms with Gasteiger partial charge in [0.2, 0.25) is 0 Å². The molecule has 0 bridgehead atoms. The lowest BCUT2D eigenvalue weighted by Gasteiger charge is -2.19. The number of likely N-dealkylation sites (N-methyl/N-ethyl adjacent to an activating group) is 1. The maximum atomic E-state index is 5.89. The van der Waals surface area contributed by atoms with E-state index in [-0.39, 0.29) is 5.41 Å². The van der Waals surface area contributed by atoms with Crippen LogP contribution in [-0.2, 0) is 6.42 Å². The topological polar surface area (TPSA) is 30.5 Å². The number of fused-ring (bicyclic) bond motifs is 1. The van der Waals surface area contributed by atoms with Gasteiger partial charge in [0.15, 0.2) is 11.5 Å². The van der Waals surface area contributed by atoms with Crippen LogP contribution >= 0.6 is 0 Å². The Morgan fingerprint density at radius 3 is 2.39 bits per heavy atom. The monoisotopic (exact) mass is 249 g/mol. The quantitative estimate of drug-likeness (QED) is 0.893. The van der Waals surface area contributed by atoms with E-state index in [0.29, 0.717) is 13.2 Å². The molecule has 0 aliphatic carbocycles. The smallest absolute Gasteiger partial charge is 0.161 e. The molecule has 0 spiro atoms. The Kier molecular flexibility index (Phi) is 3.81. The van der Waals surface area contributed by atoms with Crippen molar-refractivity contribution in [3.8, 4) is 11.5 Å². The Labute approximate surface area is 109 Å². The van der Waals surface area contributed by atoms with Crippen molar-refractivity contribution in [2.45, 2.75) is 27.2 Å². The van der Waals surface area contributed by atoms with E-state index < -0.39 is 0 Å². The normalized spacial score (nSPS) is 17.3. The molecule has 3 nitrogen and oxygen atoms in total. The first-order chi connectivity index (χ1) is 8.52. The van der Waals surface area contributed by atoms with Crippen molar-refractivity contribution in [1.29, 1.82) is 0 Å². The summed E-state index contributed by atoms with van der Waals surface area (Å²) in [6.45, 7) is 8.84. The molecule has 1 aromatic carbocycles. The molecule has 0 saturated heterocycles. The molecule has 0 saturated carbocycles. The molecule has 1 aliphatic rings. The second-order valence-electron chi connectivity index (χ2n) is 5.82. The molecular formula is C15H23NO2. The number of benzene rings is 1. The van der Waals surface area contributed by atoms with Gasteiger partial charge in [-0.3, -0.25) is 0 Å². The van der Waals surface area contributed by atoms with E-state index in [2.05, 4.69) is 38.2 Å². The molecule has 100 valence electrons. The molecule has 0 atom stereocenters. The molecule has 0 fully saturated rings. The van der Waals surface area contributed by atoms with E-state index in [0.717, 1.165) is 24.5 Å². The van der Waals surface area contributed by atoms with Gasteiger partial charge in [-0.2, -0.15) is 0 Å². The zero-order chi connectivity index (χ0) is 13.2. The van der Waals surface area contributed by atoms with Crippen molar-refractivity contribution in [3.63, 3.8) is 0 Å². The fraction of sp³-hybridized carbons (Fsp3) is 0.600. The van der Waals surface area contributed by atoms with Crippen LogP contribution in [0.15, 0.2) is 12.1 Å². The summed E-state index contributed by atoms with van der Waals surface area (Å²) < 4.78 is 11.8. The number of aryl methyl sites for hydroxylation is 1. The zero-order valence-corrected chi connectivity index (χ0v) is 11.8. The van der Waals surface area contributed by atoms with Gasteiger partial charge in [0.25, 0.3) is 0 Å². The predicted octanol–water partition coefficient (Wildman–Crippen LogP) is 2.55. The molecule has 1 heterocycles. The maximum absolute atomic E-state index is 5.89. The highest BCUT2D eigenvalue weighted by atomic mass is 16.5. The Bertz CT molecular complexity index is 427. The number of rotatable bonds is 3. The van der Waals surface area contributed by atoms with Gasteiger partial charge in [0.1, 0.15) is 0 Å². The van der Waals surface area contributed by atoms with Crippen molar-refractivity contribution >= 4 is 0 Å². The minimum atomic E-state index is 0.0675. The molecule has 1 N–H and O–H groups in total. The third-order valence-corrected chi connectivity index (χ3v) is 3.28. The van der Waals surface area contributed by atoms with E-state index >= 15 is 0 Å². The highest BCUT2D eigenvalue weighted by Crippen LogP contribution is 2.35. The molecule has 18 heavy (non-hydrogen) atoms. The van der Waals surface area contributed by atoms with Gasteiger partial charge in [0, 0.05) is 5.41 Å². The van der Waals surface area contributed by atoms with Crippen LogP contribution in [0, 0.1) is 12.3 Å². The lowest BCUT2D eigenvalue weighted by molar-refractivity contribution is 0.140. The van der Waals surface area contributed by atoms with E-state index in [9.17, 15) is 0 Å². The van der Waals surface area contributed by atoms with E-state index in [4.69, 9.17) is 9.47 Å². The largest absolute Gasteiger partial charge is 0.489 e. The third kappa shape index (κ3) is 2.96. The molecule has 2 rings (SSSR count). The van der Waals surface area contributed by atoms with E-state index in [1.807, 2.05) is 7.05 Å². The van der Waals surface area contributed by atoms with Gasteiger partial charge in [-0.05, 0) is 50.2 Å². The highest BCUT2D eigenvalue weighted by molar-refractivity contribution is 5.47. The first-order valence-electron chi connectivity index (χ1n) is 6.55. The zero-order valence-electron chi connectivity index (χ0n) is 11.8. The van der Waals surface area contributed by atoms with Crippen molar-refractivity contribution in [1.82, 2.24) is 5.32 Å². The van der Waals surface area contributed by atoms with Gasteiger partial charge in [-0.15, -0.1) is 0 Å². The molecule has 3 heteroatoms. The summed E-state index contributed by atoms with van der Waals surface area (Å²) in [6, 6.07) is 4.23. The SMILES string of the molecule is CNCCc1cc2c(cc1C)OCC(C)(C)CO2. The average Bonchev–Trinajstić information content (AvgIpc) is 2.46. The minimum Gasteiger partial charge on any atom is -0.489 e. The van der Waals surface area contributed by atoms with E-state index in [1.54, 1.807) is 0 Å². The van der Waals surface area contributed by atoms with Crippen LogP contribution in [0.2, 0.25) is 0 Å². The maximum Gasteiger partial charge on any atom is 0.161 e. The fourth-order valence-electron chi connectivity index (χ4n) is 2.05. The van der Waals surface area contributed by atoms with E-state index in [1.165, 1.54) is 11.1 Å². The van der Waals surface area contributed by atoms with Crippen LogP contribution in [0.25, 0.3) is 0 Å². The standard InChI is InChI=1S/C15H23NO2/c1-11-7-13-14(8-12(11)5-6-16-4)18-10-15(2,3)9-17-13/h7-8,16H,5-6,9-10H2,1-4H3. The lowest BCUT2D eigenvalue weighted by Crippen LogP contribution is -2.26. The third-order valence-electron chi connectivity index (χ3n) is 3.28. The Morgan fingerprint density at radius 1 is 1.17 bits per heavy atom. The number of hydrogen-bond acceptors (Lipinski definition) is 3. The molecule has 0 radical (unpaired) electrons. The van der Waals surface area contributed by atoms with Crippen molar-refractivity contribution in [3.05, 3.63) is 23.3 Å². The van der Waals surface area contributed by atoms with Crippen molar-refractivity contribution < 1.29 is 9.47 Å². The Morgan fingerprint density at radius 2 is 1.78 bits per heavy atom. The van der Waals surface area contributed by atoms with Crippen LogP contribution < -0.4 is 14.8 Å². The molecule has 0 amide bonds. The first-order valence-corrected chi connectivity index (χ1v) is 6.55. The summed E-state index contributed by atoms with van der Waals surface area (Å²) in [5, 5.41) is 3.18. The molecule has 1 aliphatic heterocycles. The minimum absolute atomic E-state index is 0.0675. The molecular weight excluding hydrogens is 226 g/mol. The van der Waals surface area contributed by atoms with Gasteiger partial charge < -0.3 is 14.8 Å². The number of ether oxygens (including phenoxy) is 2. The number of hydrogen-bond donors (Lipinski definition) is 1. The second kappa shape index (κ2) is 5.19. The highest BCUT2D eigenvalue weighted by Gasteiger charge is 2.25. The fourth-order valence-corrected chi connectivity index (χ4v) is 2.05. The van der Waals surface area contributed by atoms with Gasteiger partial charge in [-0.1, -0.05) is 13.8 Å². The Balaban J connectivity index is 2.24. The summed E-state index contributed by atoms with van der Waals surface area (Å²) >= 11 is 0. The average molecular weight is 249 g/mol. The lowest BCUT2D eigenvalue weighted by atomic mass is 9.97. The van der Waals surface area contributed by atoms with Crippen molar-refractivity contribution in [2.24, 2.45) is 5.41 Å². The molecule has 0 aromatic heterocycles. The Hall–Kier alpha value is -1.22. The second-order valence-corrected chi connectivity index (χ2v) is 5.82. The van der Waals surface area contributed by atoms with Crippen molar-refractivity contribution in [2.75, 3.05) is 26.8 Å². The summed E-state index contributed by atoms with van der Waals surface area (Å²) in [6.07, 6.45) is 1.02. The van der Waals surface area contributed by atoms with Crippen LogP contribution in [-0.4, -0.2) is 26.8 Å². The first kappa shape index (κ1) is 13.2. The van der Waals surface area contributed by atoms with Crippen LogP contribution in [0.3, 0.4) is 0 Å². The van der Waals surface area contributed by atoms with Crippen LogP contribution in [0.4, 0.5) is 0 Å². The summed E-state index contributed by atoms with van der Waals surface area (Å²) in [5.74, 6) is 1.77.